The number of rotatable bonds is 7. The van der Waals surface area contributed by atoms with Crippen LogP contribution in [0.3, 0.4) is 0 Å². The van der Waals surface area contributed by atoms with Crippen molar-refractivity contribution < 1.29 is 14.3 Å². The molecule has 2 amide bonds. The van der Waals surface area contributed by atoms with E-state index in [0.29, 0.717) is 13.1 Å². The second kappa shape index (κ2) is 8.37. The summed E-state index contributed by atoms with van der Waals surface area (Å²) in [6.45, 7) is 1.000. The molecule has 1 aromatic rings. The molecule has 2 aliphatic rings. The fourth-order valence-corrected chi connectivity index (χ4v) is 3.81. The average Bonchev–Trinajstić information content (AvgIpc) is 3.46. The lowest BCUT2D eigenvalue weighted by Gasteiger charge is -2.20. The third-order valence-corrected chi connectivity index (χ3v) is 5.37. The molecule has 2 fully saturated rings. The molecular formula is C20H28N2O3. The summed E-state index contributed by atoms with van der Waals surface area (Å²) in [6, 6.07) is 7.88. The van der Waals surface area contributed by atoms with E-state index >= 15 is 0 Å². The summed E-state index contributed by atoms with van der Waals surface area (Å²) >= 11 is 0. The molecular weight excluding hydrogens is 316 g/mol. The number of amides is 2. The van der Waals surface area contributed by atoms with Gasteiger partial charge in [-0.05, 0) is 36.8 Å². The van der Waals surface area contributed by atoms with E-state index in [1.165, 1.54) is 6.42 Å². The number of carbonyl (C=O) groups excluding carboxylic acids is 2. The maximum Gasteiger partial charge on any atom is 0.223 e. The molecule has 2 aliphatic carbocycles. The third-order valence-electron chi connectivity index (χ3n) is 5.37. The number of ether oxygens (including phenoxy) is 1. The highest BCUT2D eigenvalue weighted by Gasteiger charge is 2.45. The first-order valence-electron chi connectivity index (χ1n) is 9.39. The van der Waals surface area contributed by atoms with Crippen molar-refractivity contribution in [1.82, 2.24) is 10.6 Å². The van der Waals surface area contributed by atoms with Crippen molar-refractivity contribution in [2.45, 2.75) is 44.4 Å². The molecule has 0 bridgehead atoms. The smallest absolute Gasteiger partial charge is 0.223 e. The molecule has 3 rings (SSSR count). The van der Waals surface area contributed by atoms with Crippen LogP contribution >= 0.6 is 0 Å². The highest BCUT2D eigenvalue weighted by molar-refractivity contribution is 5.83. The first kappa shape index (κ1) is 17.8. The topological polar surface area (TPSA) is 67.4 Å². The Bertz CT molecular complexity index is 611. The minimum Gasteiger partial charge on any atom is -0.496 e. The Hall–Kier alpha value is -2.04. The minimum atomic E-state index is 0.0188. The van der Waals surface area contributed by atoms with Gasteiger partial charge in [-0.3, -0.25) is 9.59 Å². The Balaban J connectivity index is 1.37. The standard InChI is InChI=1S/C20H28N2O3/c1-25-18-10-6-5-9-15(18)16-13-17(16)20(24)22-12-11-21-19(23)14-7-3-2-4-8-14/h5-6,9-10,14,16-17H,2-4,7-8,11-13H2,1H3,(H,21,23)(H,22,24)/t16-,17-/m1/s1. The third kappa shape index (κ3) is 4.53. The van der Waals surface area contributed by atoms with Gasteiger partial charge >= 0.3 is 0 Å². The van der Waals surface area contributed by atoms with Crippen LogP contribution in [-0.2, 0) is 9.59 Å². The molecule has 136 valence electrons. The monoisotopic (exact) mass is 344 g/mol. The van der Waals surface area contributed by atoms with E-state index in [1.807, 2.05) is 24.3 Å². The van der Waals surface area contributed by atoms with Gasteiger partial charge in [-0.1, -0.05) is 37.5 Å². The molecule has 5 nitrogen and oxygen atoms in total. The maximum atomic E-state index is 12.3. The van der Waals surface area contributed by atoms with E-state index < -0.39 is 0 Å². The lowest BCUT2D eigenvalue weighted by Crippen LogP contribution is -2.38. The van der Waals surface area contributed by atoms with Gasteiger partial charge in [0.15, 0.2) is 0 Å². The van der Waals surface area contributed by atoms with E-state index in [1.54, 1.807) is 7.11 Å². The zero-order valence-electron chi connectivity index (χ0n) is 14.9. The predicted molar refractivity (Wildman–Crippen MR) is 96.4 cm³/mol. The molecule has 0 radical (unpaired) electrons. The Morgan fingerprint density at radius 2 is 1.72 bits per heavy atom. The average molecular weight is 344 g/mol. The van der Waals surface area contributed by atoms with Crippen molar-refractivity contribution in [3.05, 3.63) is 29.8 Å². The normalized spacial score (nSPS) is 22.9. The summed E-state index contributed by atoms with van der Waals surface area (Å²) < 4.78 is 5.38. The Labute approximate surface area is 149 Å². The first-order valence-corrected chi connectivity index (χ1v) is 9.39. The quantitative estimate of drug-likeness (QED) is 0.747. The molecule has 0 heterocycles. The van der Waals surface area contributed by atoms with Gasteiger partial charge in [0.05, 0.1) is 7.11 Å². The number of carbonyl (C=O) groups is 2. The summed E-state index contributed by atoms with van der Waals surface area (Å²) in [5.41, 5.74) is 1.11. The molecule has 25 heavy (non-hydrogen) atoms. The Morgan fingerprint density at radius 3 is 2.44 bits per heavy atom. The van der Waals surface area contributed by atoms with Crippen molar-refractivity contribution >= 4 is 11.8 Å². The Kier molecular flexibility index (Phi) is 5.95. The number of benzene rings is 1. The highest BCUT2D eigenvalue weighted by Crippen LogP contribution is 2.50. The summed E-state index contributed by atoms with van der Waals surface area (Å²) in [6.07, 6.45) is 6.42. The van der Waals surface area contributed by atoms with Crippen LogP contribution in [0, 0.1) is 11.8 Å². The second-order valence-electron chi connectivity index (χ2n) is 7.11. The SMILES string of the molecule is COc1ccccc1[C@H]1C[C@H]1C(=O)NCCNC(=O)C1CCCCC1. The van der Waals surface area contributed by atoms with Crippen LogP contribution in [0.25, 0.3) is 0 Å². The molecule has 2 N–H and O–H groups in total. The van der Waals surface area contributed by atoms with Crippen LogP contribution in [0.2, 0.25) is 0 Å². The van der Waals surface area contributed by atoms with Crippen LogP contribution in [0.1, 0.15) is 50.0 Å². The number of nitrogens with one attached hydrogen (secondary N) is 2. The van der Waals surface area contributed by atoms with Crippen molar-refractivity contribution in [2.24, 2.45) is 11.8 Å². The molecule has 0 unspecified atom stereocenters. The lowest BCUT2D eigenvalue weighted by atomic mass is 9.89. The summed E-state index contributed by atoms with van der Waals surface area (Å²) in [5.74, 6) is 1.50. The van der Waals surface area contributed by atoms with Crippen LogP contribution in [0.5, 0.6) is 5.75 Å². The van der Waals surface area contributed by atoms with E-state index in [2.05, 4.69) is 10.6 Å². The van der Waals surface area contributed by atoms with Crippen molar-refractivity contribution in [1.29, 1.82) is 0 Å². The number of hydrogen-bond donors (Lipinski definition) is 2. The molecule has 0 saturated heterocycles. The van der Waals surface area contributed by atoms with E-state index in [4.69, 9.17) is 4.74 Å². The highest BCUT2D eigenvalue weighted by atomic mass is 16.5. The van der Waals surface area contributed by atoms with Crippen LogP contribution in [-0.4, -0.2) is 32.0 Å². The van der Waals surface area contributed by atoms with Gasteiger partial charge in [0.2, 0.25) is 11.8 Å². The van der Waals surface area contributed by atoms with Gasteiger partial charge in [-0.25, -0.2) is 0 Å². The molecule has 1 aromatic carbocycles. The molecule has 0 spiro atoms. The zero-order valence-corrected chi connectivity index (χ0v) is 14.9. The molecule has 5 heteroatoms. The van der Waals surface area contributed by atoms with E-state index in [-0.39, 0.29) is 29.6 Å². The second-order valence-corrected chi connectivity index (χ2v) is 7.11. The van der Waals surface area contributed by atoms with Crippen LogP contribution < -0.4 is 15.4 Å². The van der Waals surface area contributed by atoms with Gasteiger partial charge in [-0.15, -0.1) is 0 Å². The lowest BCUT2D eigenvalue weighted by molar-refractivity contribution is -0.126. The molecule has 2 atom stereocenters. The fourth-order valence-electron chi connectivity index (χ4n) is 3.81. The van der Waals surface area contributed by atoms with Gasteiger partial charge in [0.25, 0.3) is 0 Å². The summed E-state index contributed by atoms with van der Waals surface area (Å²) in [5, 5.41) is 5.90. The summed E-state index contributed by atoms with van der Waals surface area (Å²) in [4.78, 5) is 24.3. The van der Waals surface area contributed by atoms with Crippen LogP contribution in [0.15, 0.2) is 24.3 Å². The van der Waals surface area contributed by atoms with E-state index in [9.17, 15) is 9.59 Å². The van der Waals surface area contributed by atoms with Gasteiger partial charge in [0.1, 0.15) is 5.75 Å². The van der Waals surface area contributed by atoms with Crippen molar-refractivity contribution in [3.63, 3.8) is 0 Å². The molecule has 0 aliphatic heterocycles. The molecule has 2 saturated carbocycles. The number of para-hydroxylation sites is 1. The largest absolute Gasteiger partial charge is 0.496 e. The number of hydrogen-bond acceptors (Lipinski definition) is 3. The van der Waals surface area contributed by atoms with Gasteiger partial charge in [0, 0.05) is 24.9 Å². The summed E-state index contributed by atoms with van der Waals surface area (Å²) in [7, 11) is 1.66. The van der Waals surface area contributed by atoms with Gasteiger partial charge in [-0.2, -0.15) is 0 Å². The van der Waals surface area contributed by atoms with Crippen LogP contribution in [0.4, 0.5) is 0 Å². The molecule has 0 aromatic heterocycles. The Morgan fingerprint density at radius 1 is 1.04 bits per heavy atom. The van der Waals surface area contributed by atoms with Crippen molar-refractivity contribution in [2.75, 3.05) is 20.2 Å². The predicted octanol–water partition coefficient (Wildman–Crippen LogP) is 2.61. The number of methoxy groups -OCH3 is 1. The minimum absolute atomic E-state index is 0.0188. The maximum absolute atomic E-state index is 12.3. The van der Waals surface area contributed by atoms with E-state index in [0.717, 1.165) is 43.4 Å². The zero-order chi connectivity index (χ0) is 17.6. The van der Waals surface area contributed by atoms with Crippen molar-refractivity contribution in [3.8, 4) is 5.75 Å². The fraction of sp³-hybridized carbons (Fsp3) is 0.600. The van der Waals surface area contributed by atoms with Gasteiger partial charge < -0.3 is 15.4 Å². The first-order chi connectivity index (χ1) is 12.2.